The second-order valence-corrected chi connectivity index (χ2v) is 7.26. The predicted molar refractivity (Wildman–Crippen MR) is 88.8 cm³/mol. The molecular formula is C17H26N4O3. The van der Waals surface area contributed by atoms with Gasteiger partial charge in [0.1, 0.15) is 11.7 Å². The van der Waals surface area contributed by atoms with Crippen LogP contribution in [0.5, 0.6) is 0 Å². The number of likely N-dealkylation sites (tertiary alicyclic amines) is 2. The third kappa shape index (κ3) is 3.17. The molecule has 24 heavy (non-hydrogen) atoms. The molecule has 2 saturated heterocycles. The molecule has 1 amide bonds. The van der Waals surface area contributed by atoms with Gasteiger partial charge >= 0.3 is 5.97 Å². The molecule has 1 aromatic rings. The van der Waals surface area contributed by atoms with Crippen LogP contribution in [0.15, 0.2) is 6.07 Å². The standard InChI is InChI=1S/C17H26N4O3/c1-3-6-21-11-17(10-14(21)16(23)24)4-7-20(8-5-17)15(22)13-9-12(2)18-19-13/h9,14H,3-8,10-11H2,1-2H3,(H,18,19)(H,23,24). The lowest BCUT2D eigenvalue weighted by Crippen LogP contribution is -2.44. The molecule has 3 heterocycles. The number of carbonyl (C=O) groups is 2. The molecule has 2 fully saturated rings. The van der Waals surface area contributed by atoms with Crippen molar-refractivity contribution in [3.63, 3.8) is 0 Å². The molecule has 7 heteroatoms. The molecule has 1 atom stereocenters. The summed E-state index contributed by atoms with van der Waals surface area (Å²) in [4.78, 5) is 28.0. The van der Waals surface area contributed by atoms with Crippen LogP contribution in [-0.4, -0.2) is 69.2 Å². The summed E-state index contributed by atoms with van der Waals surface area (Å²) in [6.07, 6.45) is 3.40. The Balaban J connectivity index is 1.64. The number of hydrogen-bond acceptors (Lipinski definition) is 4. The van der Waals surface area contributed by atoms with Crippen LogP contribution in [0.2, 0.25) is 0 Å². The van der Waals surface area contributed by atoms with Gasteiger partial charge in [0.05, 0.1) is 0 Å². The second kappa shape index (κ2) is 6.55. The first-order valence-corrected chi connectivity index (χ1v) is 8.72. The van der Waals surface area contributed by atoms with Gasteiger partial charge < -0.3 is 10.0 Å². The van der Waals surface area contributed by atoms with E-state index in [0.29, 0.717) is 25.2 Å². The number of aromatic amines is 1. The molecule has 1 unspecified atom stereocenters. The van der Waals surface area contributed by atoms with Gasteiger partial charge in [-0.05, 0) is 50.6 Å². The Labute approximate surface area is 142 Å². The molecule has 2 N–H and O–H groups in total. The number of nitrogens with zero attached hydrogens (tertiary/aromatic N) is 3. The van der Waals surface area contributed by atoms with E-state index >= 15 is 0 Å². The van der Waals surface area contributed by atoms with E-state index in [1.54, 1.807) is 6.07 Å². The lowest BCUT2D eigenvalue weighted by atomic mass is 9.76. The number of carbonyl (C=O) groups excluding carboxylic acids is 1. The summed E-state index contributed by atoms with van der Waals surface area (Å²) in [6, 6.07) is 1.40. The normalized spacial score (nSPS) is 23.8. The zero-order valence-electron chi connectivity index (χ0n) is 14.4. The van der Waals surface area contributed by atoms with Gasteiger partial charge in [-0.1, -0.05) is 6.92 Å². The Morgan fingerprint density at radius 3 is 2.67 bits per heavy atom. The number of aromatic nitrogens is 2. The van der Waals surface area contributed by atoms with Gasteiger partial charge in [-0.25, -0.2) is 0 Å². The summed E-state index contributed by atoms with van der Waals surface area (Å²) in [7, 11) is 0. The largest absolute Gasteiger partial charge is 0.480 e. The van der Waals surface area contributed by atoms with Crippen LogP contribution in [0.3, 0.4) is 0 Å². The van der Waals surface area contributed by atoms with Crippen LogP contribution in [0.4, 0.5) is 0 Å². The lowest BCUT2D eigenvalue weighted by molar-refractivity contribution is -0.142. The average molecular weight is 334 g/mol. The molecule has 0 radical (unpaired) electrons. The second-order valence-electron chi connectivity index (χ2n) is 7.26. The molecule has 3 rings (SSSR count). The SMILES string of the molecule is CCCN1CC2(CCN(C(=O)c3cc(C)[nH]n3)CC2)CC1C(=O)O. The Morgan fingerprint density at radius 2 is 2.12 bits per heavy atom. The Bertz CT molecular complexity index is 619. The lowest BCUT2D eigenvalue weighted by Gasteiger charge is -2.39. The van der Waals surface area contributed by atoms with Crippen molar-refractivity contribution in [3.8, 4) is 0 Å². The van der Waals surface area contributed by atoms with Gasteiger partial charge in [-0.3, -0.25) is 19.6 Å². The summed E-state index contributed by atoms with van der Waals surface area (Å²) in [5.41, 5.74) is 1.38. The minimum Gasteiger partial charge on any atom is -0.480 e. The molecule has 1 aromatic heterocycles. The van der Waals surface area contributed by atoms with E-state index in [1.165, 1.54) is 0 Å². The average Bonchev–Trinajstić information content (AvgIpc) is 3.13. The van der Waals surface area contributed by atoms with Crippen molar-refractivity contribution in [2.75, 3.05) is 26.2 Å². The number of hydrogen-bond donors (Lipinski definition) is 2. The zero-order valence-corrected chi connectivity index (χ0v) is 14.4. The van der Waals surface area contributed by atoms with Gasteiger partial charge in [0.25, 0.3) is 5.91 Å². The molecule has 0 saturated carbocycles. The van der Waals surface area contributed by atoms with E-state index in [1.807, 2.05) is 11.8 Å². The quantitative estimate of drug-likeness (QED) is 0.871. The number of carboxylic acid groups (broad SMARTS) is 1. The van der Waals surface area contributed by atoms with Crippen LogP contribution in [0, 0.1) is 12.3 Å². The van der Waals surface area contributed by atoms with Crippen molar-refractivity contribution >= 4 is 11.9 Å². The molecule has 0 aromatic carbocycles. The van der Waals surface area contributed by atoms with Crippen LogP contribution >= 0.6 is 0 Å². The van der Waals surface area contributed by atoms with E-state index in [2.05, 4.69) is 22.0 Å². The maximum Gasteiger partial charge on any atom is 0.320 e. The number of nitrogens with one attached hydrogen (secondary N) is 1. The molecule has 0 bridgehead atoms. The van der Waals surface area contributed by atoms with Crippen molar-refractivity contribution in [3.05, 3.63) is 17.5 Å². The Morgan fingerprint density at radius 1 is 1.42 bits per heavy atom. The fourth-order valence-corrected chi connectivity index (χ4v) is 4.15. The highest BCUT2D eigenvalue weighted by Gasteiger charge is 2.48. The summed E-state index contributed by atoms with van der Waals surface area (Å²) in [5.74, 6) is -0.752. The van der Waals surface area contributed by atoms with Crippen LogP contribution in [0.25, 0.3) is 0 Å². The van der Waals surface area contributed by atoms with Crippen molar-refractivity contribution in [2.45, 2.75) is 45.6 Å². The predicted octanol–water partition coefficient (Wildman–Crippen LogP) is 1.51. The van der Waals surface area contributed by atoms with Crippen molar-refractivity contribution in [1.82, 2.24) is 20.0 Å². The first-order chi connectivity index (χ1) is 11.4. The number of rotatable bonds is 4. The van der Waals surface area contributed by atoms with Crippen LogP contribution in [0.1, 0.15) is 48.8 Å². The molecule has 7 nitrogen and oxygen atoms in total. The number of piperidine rings is 1. The highest BCUT2D eigenvalue weighted by atomic mass is 16.4. The van der Waals surface area contributed by atoms with Gasteiger partial charge in [-0.2, -0.15) is 5.10 Å². The molecule has 0 aliphatic carbocycles. The van der Waals surface area contributed by atoms with Gasteiger partial charge in [0.15, 0.2) is 0 Å². The van der Waals surface area contributed by atoms with Crippen molar-refractivity contribution in [1.29, 1.82) is 0 Å². The minimum atomic E-state index is -0.717. The van der Waals surface area contributed by atoms with E-state index in [4.69, 9.17) is 0 Å². The van der Waals surface area contributed by atoms with Gasteiger partial charge in [0.2, 0.25) is 0 Å². The van der Waals surface area contributed by atoms with Crippen LogP contribution < -0.4 is 0 Å². The van der Waals surface area contributed by atoms with E-state index in [9.17, 15) is 14.7 Å². The van der Waals surface area contributed by atoms with Gasteiger partial charge in [0, 0.05) is 25.3 Å². The van der Waals surface area contributed by atoms with E-state index in [0.717, 1.165) is 38.0 Å². The number of carboxylic acids is 1. The molecule has 1 spiro atoms. The maximum atomic E-state index is 12.5. The number of H-pyrrole nitrogens is 1. The molecule has 2 aliphatic heterocycles. The Hall–Kier alpha value is -1.89. The van der Waals surface area contributed by atoms with E-state index < -0.39 is 5.97 Å². The summed E-state index contributed by atoms with van der Waals surface area (Å²) >= 11 is 0. The zero-order chi connectivity index (χ0) is 17.3. The summed E-state index contributed by atoms with van der Waals surface area (Å²) in [6.45, 7) is 6.97. The fraction of sp³-hybridized carbons (Fsp3) is 0.706. The van der Waals surface area contributed by atoms with E-state index in [-0.39, 0.29) is 17.4 Å². The van der Waals surface area contributed by atoms with Gasteiger partial charge in [-0.15, -0.1) is 0 Å². The monoisotopic (exact) mass is 334 g/mol. The molecular weight excluding hydrogens is 308 g/mol. The third-order valence-corrected chi connectivity index (χ3v) is 5.44. The number of amides is 1. The van der Waals surface area contributed by atoms with Crippen molar-refractivity contribution in [2.24, 2.45) is 5.41 Å². The first kappa shape index (κ1) is 17.0. The topological polar surface area (TPSA) is 89.5 Å². The number of aliphatic carboxylic acids is 1. The third-order valence-electron chi connectivity index (χ3n) is 5.44. The highest BCUT2D eigenvalue weighted by molar-refractivity contribution is 5.92. The van der Waals surface area contributed by atoms with Crippen LogP contribution in [-0.2, 0) is 4.79 Å². The van der Waals surface area contributed by atoms with Crippen molar-refractivity contribution < 1.29 is 14.7 Å². The molecule has 2 aliphatic rings. The Kier molecular flexibility index (Phi) is 4.62. The fourth-order valence-electron chi connectivity index (χ4n) is 4.15. The smallest absolute Gasteiger partial charge is 0.320 e. The highest BCUT2D eigenvalue weighted by Crippen LogP contribution is 2.43. The molecule has 132 valence electrons. The summed E-state index contributed by atoms with van der Waals surface area (Å²) in [5, 5.41) is 16.4. The minimum absolute atomic E-state index is 0.0348. The maximum absolute atomic E-state index is 12.5. The number of aryl methyl sites for hydroxylation is 1. The first-order valence-electron chi connectivity index (χ1n) is 8.72. The summed E-state index contributed by atoms with van der Waals surface area (Å²) < 4.78 is 0.